The average Bonchev–Trinajstić information content (AvgIpc) is 2.63. The number of amides is 2. The molecule has 0 aliphatic rings. The molecule has 2 amide bonds. The van der Waals surface area contributed by atoms with Gasteiger partial charge >= 0.3 is 0 Å². The van der Waals surface area contributed by atoms with Gasteiger partial charge in [0.15, 0.2) is 5.69 Å². The zero-order valence-electron chi connectivity index (χ0n) is 14.3. The average molecular weight is 383 g/mol. The molecule has 7 nitrogen and oxygen atoms in total. The number of hydrogen-bond acceptors (Lipinski definition) is 4. The predicted octanol–water partition coefficient (Wildman–Crippen LogP) is 2.55. The summed E-state index contributed by atoms with van der Waals surface area (Å²) in [6, 6.07) is 14.3. The number of rotatable bonds is 4. The van der Waals surface area contributed by atoms with E-state index < -0.39 is 17.2 Å². The van der Waals surface area contributed by atoms with Gasteiger partial charge in [-0.3, -0.25) is 14.4 Å². The number of halogens is 1. The summed E-state index contributed by atoms with van der Waals surface area (Å²) in [5.74, 6) is -1.25. The number of carbonyl (C=O) groups is 2. The van der Waals surface area contributed by atoms with Crippen molar-refractivity contribution in [3.8, 4) is 5.69 Å². The summed E-state index contributed by atoms with van der Waals surface area (Å²) in [6.45, 7) is 1.70. The van der Waals surface area contributed by atoms with Crippen molar-refractivity contribution in [2.75, 3.05) is 5.32 Å². The fraction of sp³-hybridized carbons (Fsp3) is 0.0526. The van der Waals surface area contributed by atoms with Crippen LogP contribution in [0.2, 0.25) is 5.02 Å². The van der Waals surface area contributed by atoms with Crippen molar-refractivity contribution < 1.29 is 9.59 Å². The lowest BCUT2D eigenvalue weighted by molar-refractivity contribution is 0.0997. The third-order valence-electron chi connectivity index (χ3n) is 3.83. The lowest BCUT2D eigenvalue weighted by Crippen LogP contribution is -2.27. The van der Waals surface area contributed by atoms with Crippen LogP contribution in [0.15, 0.2) is 59.4 Å². The number of benzene rings is 2. The molecular weight excluding hydrogens is 368 g/mol. The van der Waals surface area contributed by atoms with Gasteiger partial charge in [0.1, 0.15) is 0 Å². The van der Waals surface area contributed by atoms with Crippen LogP contribution >= 0.6 is 11.6 Å². The summed E-state index contributed by atoms with van der Waals surface area (Å²) in [6.07, 6.45) is 0. The second-order valence-corrected chi connectivity index (χ2v) is 6.16. The summed E-state index contributed by atoms with van der Waals surface area (Å²) in [7, 11) is 0. The van der Waals surface area contributed by atoms with Gasteiger partial charge in [-0.2, -0.15) is 5.10 Å². The van der Waals surface area contributed by atoms with Crippen LogP contribution in [0.1, 0.15) is 26.5 Å². The zero-order chi connectivity index (χ0) is 19.6. The SMILES string of the molecule is Cc1cc(=O)c(C(=O)Nc2ccc(C(N)=O)cc2)nn1-c1ccccc1Cl. The number of nitrogens with zero attached hydrogens (tertiary/aromatic N) is 2. The standard InChI is InChI=1S/C19H15ClN4O3/c1-11-10-16(25)17(23-24(11)15-5-3-2-4-14(15)20)19(27)22-13-8-6-12(7-9-13)18(21)26/h2-10H,1H3,(H2,21,26)(H,22,27). The van der Waals surface area contributed by atoms with E-state index in [1.54, 1.807) is 31.2 Å². The third-order valence-corrected chi connectivity index (χ3v) is 4.15. The molecule has 0 aliphatic carbocycles. The van der Waals surface area contributed by atoms with Crippen LogP contribution < -0.4 is 16.5 Å². The second-order valence-electron chi connectivity index (χ2n) is 5.76. The molecule has 0 saturated carbocycles. The van der Waals surface area contributed by atoms with Crippen LogP contribution in [0.25, 0.3) is 5.69 Å². The maximum Gasteiger partial charge on any atom is 0.280 e. The molecule has 2 aromatic carbocycles. The predicted molar refractivity (Wildman–Crippen MR) is 102 cm³/mol. The maximum atomic E-state index is 12.5. The highest BCUT2D eigenvalue weighted by molar-refractivity contribution is 6.32. The molecule has 3 aromatic rings. The van der Waals surface area contributed by atoms with Crippen molar-refractivity contribution in [2.24, 2.45) is 5.73 Å². The van der Waals surface area contributed by atoms with Crippen molar-refractivity contribution in [1.29, 1.82) is 0 Å². The Morgan fingerprint density at radius 1 is 1.11 bits per heavy atom. The van der Waals surface area contributed by atoms with Gasteiger partial charge < -0.3 is 11.1 Å². The minimum absolute atomic E-state index is 0.278. The number of carbonyl (C=O) groups excluding carboxylic acids is 2. The summed E-state index contributed by atoms with van der Waals surface area (Å²) in [5, 5.41) is 7.19. The van der Waals surface area contributed by atoms with E-state index in [9.17, 15) is 14.4 Å². The van der Waals surface area contributed by atoms with Gasteiger partial charge in [0.2, 0.25) is 11.3 Å². The highest BCUT2D eigenvalue weighted by Gasteiger charge is 2.16. The first-order chi connectivity index (χ1) is 12.9. The smallest absolute Gasteiger partial charge is 0.280 e. The fourth-order valence-corrected chi connectivity index (χ4v) is 2.70. The molecule has 0 unspecified atom stereocenters. The molecule has 0 fully saturated rings. The third kappa shape index (κ3) is 3.88. The van der Waals surface area contributed by atoms with E-state index in [1.165, 1.54) is 35.0 Å². The summed E-state index contributed by atoms with van der Waals surface area (Å²) >= 11 is 6.20. The molecule has 3 rings (SSSR count). The first-order valence-corrected chi connectivity index (χ1v) is 8.31. The van der Waals surface area contributed by atoms with Gasteiger partial charge in [0.05, 0.1) is 10.7 Å². The Balaban J connectivity index is 1.95. The van der Waals surface area contributed by atoms with E-state index in [0.29, 0.717) is 27.7 Å². The molecule has 1 heterocycles. The van der Waals surface area contributed by atoms with E-state index >= 15 is 0 Å². The lowest BCUT2D eigenvalue weighted by Gasteiger charge is -2.12. The molecule has 0 spiro atoms. The number of anilines is 1. The van der Waals surface area contributed by atoms with Crippen LogP contribution in [-0.2, 0) is 0 Å². The van der Waals surface area contributed by atoms with E-state index in [2.05, 4.69) is 10.4 Å². The number of aryl methyl sites for hydroxylation is 1. The monoisotopic (exact) mass is 382 g/mol. The minimum Gasteiger partial charge on any atom is -0.366 e. The normalized spacial score (nSPS) is 10.4. The van der Waals surface area contributed by atoms with Crippen LogP contribution in [0.5, 0.6) is 0 Å². The Morgan fingerprint density at radius 3 is 2.41 bits per heavy atom. The van der Waals surface area contributed by atoms with Crippen molar-refractivity contribution in [3.05, 3.63) is 86.8 Å². The molecule has 27 heavy (non-hydrogen) atoms. The first-order valence-electron chi connectivity index (χ1n) is 7.94. The number of aromatic nitrogens is 2. The van der Waals surface area contributed by atoms with Gasteiger partial charge in [-0.05, 0) is 43.3 Å². The van der Waals surface area contributed by atoms with Crippen LogP contribution in [-0.4, -0.2) is 21.6 Å². The van der Waals surface area contributed by atoms with Crippen molar-refractivity contribution in [1.82, 2.24) is 9.78 Å². The molecule has 0 aliphatic heterocycles. The fourth-order valence-electron chi connectivity index (χ4n) is 2.48. The Kier molecular flexibility index (Phi) is 5.05. The van der Waals surface area contributed by atoms with Gasteiger partial charge in [-0.1, -0.05) is 23.7 Å². The molecule has 8 heteroatoms. The zero-order valence-corrected chi connectivity index (χ0v) is 15.0. The molecule has 0 atom stereocenters. The van der Waals surface area contributed by atoms with E-state index in [4.69, 9.17) is 17.3 Å². The van der Waals surface area contributed by atoms with Crippen molar-refractivity contribution in [2.45, 2.75) is 6.92 Å². The van der Waals surface area contributed by atoms with E-state index in [-0.39, 0.29) is 5.69 Å². The van der Waals surface area contributed by atoms with Crippen LogP contribution in [0.3, 0.4) is 0 Å². The number of nitrogens with one attached hydrogen (secondary N) is 1. The highest BCUT2D eigenvalue weighted by atomic mass is 35.5. The molecule has 0 bridgehead atoms. The quantitative estimate of drug-likeness (QED) is 0.722. The summed E-state index contributed by atoms with van der Waals surface area (Å²) < 4.78 is 1.44. The minimum atomic E-state index is -0.673. The maximum absolute atomic E-state index is 12.5. The largest absolute Gasteiger partial charge is 0.366 e. The number of primary amides is 1. The molecule has 3 N–H and O–H groups in total. The lowest BCUT2D eigenvalue weighted by atomic mass is 10.2. The van der Waals surface area contributed by atoms with Crippen molar-refractivity contribution in [3.63, 3.8) is 0 Å². The van der Waals surface area contributed by atoms with Gasteiger partial charge in [-0.15, -0.1) is 0 Å². The first kappa shape index (κ1) is 18.3. The van der Waals surface area contributed by atoms with Gasteiger partial charge in [0, 0.05) is 23.0 Å². The summed E-state index contributed by atoms with van der Waals surface area (Å²) in [4.78, 5) is 35.9. The Hall–Kier alpha value is -3.45. The number of para-hydroxylation sites is 1. The number of nitrogens with two attached hydrogens (primary N) is 1. The Bertz CT molecular complexity index is 1090. The molecular formula is C19H15ClN4O3. The van der Waals surface area contributed by atoms with Crippen LogP contribution in [0, 0.1) is 6.92 Å². The van der Waals surface area contributed by atoms with Crippen molar-refractivity contribution >= 4 is 29.1 Å². The van der Waals surface area contributed by atoms with Gasteiger partial charge in [-0.25, -0.2) is 4.68 Å². The Labute approximate surface area is 159 Å². The van der Waals surface area contributed by atoms with Gasteiger partial charge in [0.25, 0.3) is 5.91 Å². The Morgan fingerprint density at radius 2 is 1.78 bits per heavy atom. The van der Waals surface area contributed by atoms with E-state index in [1.807, 2.05) is 0 Å². The van der Waals surface area contributed by atoms with Crippen LogP contribution in [0.4, 0.5) is 5.69 Å². The summed E-state index contributed by atoms with van der Waals surface area (Å²) in [5.41, 5.74) is 6.19. The highest BCUT2D eigenvalue weighted by Crippen LogP contribution is 2.20. The topological polar surface area (TPSA) is 107 Å². The number of hydrogen-bond donors (Lipinski definition) is 2. The molecule has 0 radical (unpaired) electrons. The molecule has 0 saturated heterocycles. The molecule has 1 aromatic heterocycles. The van der Waals surface area contributed by atoms with E-state index in [0.717, 1.165) is 0 Å². The second kappa shape index (κ2) is 7.43. The molecule has 136 valence electrons.